The Hall–Kier alpha value is -6.78. The molecule has 0 atom stereocenters. The summed E-state index contributed by atoms with van der Waals surface area (Å²) in [7, 11) is 0. The van der Waals surface area contributed by atoms with Gasteiger partial charge >= 0.3 is 20.1 Å². The molecule has 62 heavy (non-hydrogen) atoms. The second-order valence-electron chi connectivity index (χ2n) is 16.5. The zero-order chi connectivity index (χ0) is 41.9. The van der Waals surface area contributed by atoms with Gasteiger partial charge in [-0.25, -0.2) is 0 Å². The quantitative estimate of drug-likeness (QED) is 0.135. The molecule has 4 aromatic heterocycles. The molecule has 0 aliphatic carbocycles. The van der Waals surface area contributed by atoms with Crippen LogP contribution in [0.3, 0.4) is 0 Å². The minimum atomic E-state index is 0. The van der Waals surface area contributed by atoms with Gasteiger partial charge in [-0.15, -0.1) is 89.5 Å². The molecule has 0 spiro atoms. The van der Waals surface area contributed by atoms with Gasteiger partial charge in [-0.1, -0.05) is 111 Å². The minimum Gasteiger partial charge on any atom is -0.501 e. The predicted octanol–water partition coefficient (Wildman–Crippen LogP) is 14.6. The number of para-hydroxylation sites is 1. The summed E-state index contributed by atoms with van der Waals surface area (Å²) in [6, 6.07) is 51.5. The van der Waals surface area contributed by atoms with E-state index in [-0.39, 0.29) is 25.5 Å². The summed E-state index contributed by atoms with van der Waals surface area (Å²) < 4.78 is 6.29. The molecule has 0 bridgehead atoms. The molecule has 302 valence electrons. The van der Waals surface area contributed by atoms with Gasteiger partial charge in [0.05, 0.1) is 5.58 Å². The van der Waals surface area contributed by atoms with E-state index in [4.69, 9.17) is 19.4 Å². The zero-order valence-corrected chi connectivity index (χ0v) is 37.7. The van der Waals surface area contributed by atoms with Gasteiger partial charge in [-0.2, -0.15) is 0 Å². The fourth-order valence-electron chi connectivity index (χ4n) is 7.47. The standard InChI is InChI=1S/C57H44N3O.Ir/c1-38-30-53(44-12-7-6-8-13-44)59-36-46(38)23-20-42-32-41(19-18-40-22-29-52(58-35-40)45-25-27-48(28-26-45)57(3,4)5)33-43(34-42)21-24-47-37-60-54(31-39(47)2)51-16-11-15-50-49-14-9-10-17-55(49)61-56(50)51;/h6-12,14-15,17-25,27-37H,1-5H3;/q-3;+3/b19-18-,23-20-,24-21?;. The first kappa shape index (κ1) is 41.9. The van der Waals surface area contributed by atoms with Crippen LogP contribution in [0, 0.1) is 32.0 Å². The maximum atomic E-state index is 6.29. The number of aryl methyl sites for hydroxylation is 2. The first-order valence-corrected chi connectivity index (χ1v) is 20.6. The molecule has 4 heterocycles. The number of hydrogen-bond acceptors (Lipinski definition) is 4. The monoisotopic (exact) mass is 979 g/mol. The van der Waals surface area contributed by atoms with Crippen molar-refractivity contribution >= 4 is 58.4 Å². The van der Waals surface area contributed by atoms with E-state index >= 15 is 0 Å². The number of fused-ring (bicyclic) bond motifs is 3. The van der Waals surface area contributed by atoms with Gasteiger partial charge in [0.15, 0.2) is 0 Å². The predicted molar refractivity (Wildman–Crippen MR) is 254 cm³/mol. The summed E-state index contributed by atoms with van der Waals surface area (Å²) in [4.78, 5) is 14.4. The van der Waals surface area contributed by atoms with Crippen molar-refractivity contribution in [2.45, 2.75) is 40.0 Å². The van der Waals surface area contributed by atoms with Gasteiger partial charge in [0.25, 0.3) is 0 Å². The Balaban J connectivity index is 0.00000529. The third kappa shape index (κ3) is 9.26. The molecule has 0 aliphatic rings. The normalized spacial score (nSPS) is 12.0. The van der Waals surface area contributed by atoms with E-state index in [9.17, 15) is 0 Å². The molecule has 0 aliphatic heterocycles. The summed E-state index contributed by atoms with van der Waals surface area (Å²) in [6.07, 6.45) is 18.6. The van der Waals surface area contributed by atoms with Crippen molar-refractivity contribution in [3.63, 3.8) is 0 Å². The number of hydrogen-bond donors (Lipinski definition) is 0. The first-order chi connectivity index (χ1) is 29.6. The van der Waals surface area contributed by atoms with Crippen LogP contribution in [-0.4, -0.2) is 15.0 Å². The maximum Gasteiger partial charge on any atom is 3.00 e. The van der Waals surface area contributed by atoms with Gasteiger partial charge < -0.3 is 19.4 Å². The van der Waals surface area contributed by atoms with E-state index in [0.29, 0.717) is 0 Å². The Labute approximate surface area is 377 Å². The molecule has 0 N–H and O–H groups in total. The molecule has 0 amide bonds. The molecule has 0 saturated heterocycles. The molecule has 0 saturated carbocycles. The van der Waals surface area contributed by atoms with Crippen molar-refractivity contribution in [1.29, 1.82) is 0 Å². The van der Waals surface area contributed by atoms with Crippen molar-refractivity contribution in [2.75, 3.05) is 0 Å². The zero-order valence-electron chi connectivity index (χ0n) is 35.3. The number of pyridine rings is 3. The largest absolute Gasteiger partial charge is 3.00 e. The summed E-state index contributed by atoms with van der Waals surface area (Å²) >= 11 is 0. The third-order valence-corrected chi connectivity index (χ3v) is 11.0. The van der Waals surface area contributed by atoms with Gasteiger partial charge in [0.2, 0.25) is 0 Å². The van der Waals surface area contributed by atoms with Crippen molar-refractivity contribution in [1.82, 2.24) is 15.0 Å². The molecular weight excluding hydrogens is 935 g/mol. The molecule has 0 unspecified atom stereocenters. The van der Waals surface area contributed by atoms with Crippen LogP contribution >= 0.6 is 0 Å². The van der Waals surface area contributed by atoms with E-state index in [0.717, 1.165) is 100 Å². The smallest absolute Gasteiger partial charge is 0.501 e. The van der Waals surface area contributed by atoms with Crippen molar-refractivity contribution < 1.29 is 24.5 Å². The third-order valence-electron chi connectivity index (χ3n) is 11.0. The number of furan rings is 1. The van der Waals surface area contributed by atoms with Gasteiger partial charge in [0.1, 0.15) is 5.58 Å². The van der Waals surface area contributed by atoms with E-state index in [1.54, 1.807) is 0 Å². The van der Waals surface area contributed by atoms with Crippen molar-refractivity contribution in [2.24, 2.45) is 0 Å². The van der Waals surface area contributed by atoms with Gasteiger partial charge in [0, 0.05) is 24.0 Å². The molecule has 5 heteroatoms. The number of benzene rings is 5. The van der Waals surface area contributed by atoms with E-state index < -0.39 is 0 Å². The Bertz CT molecular complexity index is 3110. The summed E-state index contributed by atoms with van der Waals surface area (Å²) in [5.41, 5.74) is 17.1. The minimum absolute atomic E-state index is 0. The van der Waals surface area contributed by atoms with E-state index in [1.165, 1.54) is 5.56 Å². The SMILES string of the molecule is Cc1cc(-c2[c-]ccc3c2oc2ccccc23)ncc1C=Cc1cc(/C=C\c2ccc(-c3[c-]cc(C(C)(C)C)cc3)nc2)cc(/C=C\c2cnc(-c3[c-]cccc3)cc2C)c1.[Ir+3]. The molecule has 9 aromatic rings. The number of aromatic nitrogens is 3. The van der Waals surface area contributed by atoms with Gasteiger partial charge in [-0.05, 0) is 105 Å². The molecule has 5 aromatic carbocycles. The van der Waals surface area contributed by atoms with Crippen molar-refractivity contribution in [3.8, 4) is 33.8 Å². The topological polar surface area (TPSA) is 51.8 Å². The average molecular weight is 979 g/mol. The van der Waals surface area contributed by atoms with E-state index in [2.05, 4.69) is 162 Å². The van der Waals surface area contributed by atoms with Crippen LogP contribution in [0.15, 0.2) is 144 Å². The Morgan fingerprint density at radius 3 is 1.77 bits per heavy atom. The van der Waals surface area contributed by atoms with Crippen LogP contribution in [-0.2, 0) is 25.5 Å². The second-order valence-corrected chi connectivity index (χ2v) is 16.5. The van der Waals surface area contributed by atoms with Crippen molar-refractivity contribution in [3.05, 3.63) is 208 Å². The first-order valence-electron chi connectivity index (χ1n) is 20.6. The Kier molecular flexibility index (Phi) is 12.2. The Morgan fingerprint density at radius 2 is 1.15 bits per heavy atom. The molecule has 4 nitrogen and oxygen atoms in total. The van der Waals surface area contributed by atoms with E-state index in [1.807, 2.05) is 67.1 Å². The Morgan fingerprint density at radius 1 is 0.516 bits per heavy atom. The molecule has 0 fully saturated rings. The van der Waals surface area contributed by atoms with Crippen LogP contribution in [0.5, 0.6) is 0 Å². The fraction of sp³-hybridized carbons (Fsp3) is 0.105. The van der Waals surface area contributed by atoms with Crippen LogP contribution < -0.4 is 0 Å². The number of rotatable bonds is 9. The number of nitrogens with zero attached hydrogens (tertiary/aromatic N) is 3. The molecular formula is C57H44IrN3O. The van der Waals surface area contributed by atoms with Crippen LogP contribution in [0.4, 0.5) is 0 Å². The summed E-state index contributed by atoms with van der Waals surface area (Å²) in [5.74, 6) is 0. The average Bonchev–Trinajstić information content (AvgIpc) is 3.67. The van der Waals surface area contributed by atoms with Crippen LogP contribution in [0.2, 0.25) is 0 Å². The maximum absolute atomic E-state index is 6.29. The molecule has 9 rings (SSSR count). The van der Waals surface area contributed by atoms with Crippen LogP contribution in [0.1, 0.15) is 70.8 Å². The summed E-state index contributed by atoms with van der Waals surface area (Å²) in [6.45, 7) is 10.9. The van der Waals surface area contributed by atoms with Gasteiger partial charge in [-0.3, -0.25) is 0 Å². The second kappa shape index (κ2) is 18.1. The summed E-state index contributed by atoms with van der Waals surface area (Å²) in [5, 5.41) is 2.16. The fourth-order valence-corrected chi connectivity index (χ4v) is 7.47. The van der Waals surface area contributed by atoms with Crippen LogP contribution in [0.25, 0.3) is 92.2 Å². The molecule has 0 radical (unpaired) electrons.